The lowest BCUT2D eigenvalue weighted by Crippen LogP contribution is -2.52. The van der Waals surface area contributed by atoms with Gasteiger partial charge in [0.1, 0.15) is 5.82 Å². The number of hydrogen-bond acceptors (Lipinski definition) is 2. The van der Waals surface area contributed by atoms with Crippen LogP contribution >= 0.6 is 0 Å². The van der Waals surface area contributed by atoms with Crippen LogP contribution in [0.2, 0.25) is 0 Å². The Bertz CT molecular complexity index is 428. The molecule has 18 heavy (non-hydrogen) atoms. The minimum Gasteiger partial charge on any atom is -0.351 e. The molecule has 1 aliphatic rings. The average molecular weight is 250 g/mol. The van der Waals surface area contributed by atoms with Crippen LogP contribution in [0.5, 0.6) is 0 Å². The van der Waals surface area contributed by atoms with Crippen molar-refractivity contribution in [2.75, 3.05) is 13.1 Å². The molecule has 0 bridgehead atoms. The third kappa shape index (κ3) is 3.29. The van der Waals surface area contributed by atoms with E-state index in [4.69, 9.17) is 0 Å². The number of amides is 1. The molecule has 4 heteroatoms. The van der Waals surface area contributed by atoms with Crippen LogP contribution in [0.15, 0.2) is 24.3 Å². The summed E-state index contributed by atoms with van der Waals surface area (Å²) in [5.74, 6) is -0.424. The third-order valence-electron chi connectivity index (χ3n) is 3.46. The Morgan fingerprint density at radius 3 is 2.72 bits per heavy atom. The van der Waals surface area contributed by atoms with E-state index in [1.165, 1.54) is 6.07 Å². The molecule has 98 valence electrons. The first-order chi connectivity index (χ1) is 8.59. The van der Waals surface area contributed by atoms with E-state index in [0.717, 1.165) is 25.9 Å². The monoisotopic (exact) mass is 250 g/mol. The summed E-state index contributed by atoms with van der Waals surface area (Å²) >= 11 is 0. The van der Waals surface area contributed by atoms with Gasteiger partial charge in [0.05, 0.1) is 6.42 Å². The molecule has 0 radical (unpaired) electrons. The Kier molecular flexibility index (Phi) is 3.97. The predicted octanol–water partition coefficient (Wildman–Crippen LogP) is 1.63. The fourth-order valence-electron chi connectivity index (χ4n) is 2.30. The summed E-state index contributed by atoms with van der Waals surface area (Å²) in [4.78, 5) is 11.9. The Morgan fingerprint density at radius 2 is 2.06 bits per heavy atom. The molecule has 1 aliphatic heterocycles. The highest BCUT2D eigenvalue weighted by molar-refractivity contribution is 5.79. The van der Waals surface area contributed by atoms with Crippen molar-refractivity contribution in [1.82, 2.24) is 10.6 Å². The predicted molar refractivity (Wildman–Crippen MR) is 68.8 cm³/mol. The number of hydrogen-bond donors (Lipinski definition) is 2. The van der Waals surface area contributed by atoms with Crippen LogP contribution in [0.4, 0.5) is 4.39 Å². The van der Waals surface area contributed by atoms with Gasteiger partial charge >= 0.3 is 0 Å². The van der Waals surface area contributed by atoms with Gasteiger partial charge < -0.3 is 10.6 Å². The quantitative estimate of drug-likeness (QED) is 0.856. The molecule has 0 atom stereocenters. The zero-order chi connectivity index (χ0) is 13.0. The molecule has 2 N–H and O–H groups in total. The molecule has 3 nitrogen and oxygen atoms in total. The van der Waals surface area contributed by atoms with Gasteiger partial charge in [0.2, 0.25) is 5.91 Å². The molecule has 2 rings (SSSR count). The zero-order valence-electron chi connectivity index (χ0n) is 10.6. The summed E-state index contributed by atoms with van der Waals surface area (Å²) < 4.78 is 13.4. The van der Waals surface area contributed by atoms with Crippen LogP contribution in [-0.4, -0.2) is 24.5 Å². The van der Waals surface area contributed by atoms with Crippen molar-refractivity contribution < 1.29 is 9.18 Å². The van der Waals surface area contributed by atoms with Gasteiger partial charge in [0, 0.05) is 5.54 Å². The first kappa shape index (κ1) is 13.0. The average Bonchev–Trinajstić information content (AvgIpc) is 2.32. The number of benzene rings is 1. The summed E-state index contributed by atoms with van der Waals surface area (Å²) in [6.45, 7) is 3.88. The minimum atomic E-state index is -0.317. The molecule has 1 aromatic rings. The van der Waals surface area contributed by atoms with Gasteiger partial charge in [0.25, 0.3) is 0 Å². The standard InChI is InChI=1S/C14H19FN2O/c1-14(6-8-16-9-7-14)17-13(18)10-11-4-2-3-5-12(11)15/h2-5,16H,6-10H2,1H3,(H,17,18). The van der Waals surface area contributed by atoms with E-state index in [2.05, 4.69) is 10.6 Å². The Balaban J connectivity index is 1.94. The molecule has 0 unspecified atom stereocenters. The van der Waals surface area contributed by atoms with E-state index in [1.54, 1.807) is 18.2 Å². The zero-order valence-corrected chi connectivity index (χ0v) is 10.6. The first-order valence-corrected chi connectivity index (χ1v) is 6.34. The van der Waals surface area contributed by atoms with Crippen molar-refractivity contribution in [3.63, 3.8) is 0 Å². The topological polar surface area (TPSA) is 41.1 Å². The van der Waals surface area contributed by atoms with E-state index in [0.29, 0.717) is 5.56 Å². The third-order valence-corrected chi connectivity index (χ3v) is 3.46. The smallest absolute Gasteiger partial charge is 0.224 e. The van der Waals surface area contributed by atoms with Crippen LogP contribution in [-0.2, 0) is 11.2 Å². The van der Waals surface area contributed by atoms with Crippen molar-refractivity contribution in [3.05, 3.63) is 35.6 Å². The largest absolute Gasteiger partial charge is 0.351 e. The van der Waals surface area contributed by atoms with Crippen LogP contribution in [0.25, 0.3) is 0 Å². The summed E-state index contributed by atoms with van der Waals surface area (Å²) in [6, 6.07) is 6.41. The summed E-state index contributed by atoms with van der Waals surface area (Å²) in [5.41, 5.74) is 0.292. The molecule has 1 saturated heterocycles. The highest BCUT2D eigenvalue weighted by Crippen LogP contribution is 2.17. The van der Waals surface area contributed by atoms with Crippen LogP contribution in [0, 0.1) is 5.82 Å². The molecule has 0 aromatic heterocycles. The van der Waals surface area contributed by atoms with E-state index >= 15 is 0 Å². The molecule has 1 amide bonds. The number of nitrogens with one attached hydrogen (secondary N) is 2. The molecule has 1 fully saturated rings. The molecular weight excluding hydrogens is 231 g/mol. The summed E-state index contributed by atoms with van der Waals surface area (Å²) in [6.07, 6.45) is 1.93. The van der Waals surface area contributed by atoms with Gasteiger partial charge in [-0.25, -0.2) is 4.39 Å². The number of piperidine rings is 1. The van der Waals surface area contributed by atoms with E-state index in [1.807, 2.05) is 6.92 Å². The first-order valence-electron chi connectivity index (χ1n) is 6.34. The lowest BCUT2D eigenvalue weighted by atomic mass is 9.90. The van der Waals surface area contributed by atoms with Gasteiger partial charge in [-0.2, -0.15) is 0 Å². The Morgan fingerprint density at radius 1 is 1.39 bits per heavy atom. The Labute approximate surface area is 107 Å². The van der Waals surface area contributed by atoms with Gasteiger partial charge in [0.15, 0.2) is 0 Å². The van der Waals surface area contributed by atoms with Gasteiger partial charge in [-0.15, -0.1) is 0 Å². The van der Waals surface area contributed by atoms with Crippen LogP contribution in [0.1, 0.15) is 25.3 Å². The number of rotatable bonds is 3. The molecule has 0 aliphatic carbocycles. The second-order valence-corrected chi connectivity index (χ2v) is 5.13. The number of halogens is 1. The van der Waals surface area contributed by atoms with Gasteiger partial charge in [-0.1, -0.05) is 18.2 Å². The Hall–Kier alpha value is -1.42. The van der Waals surface area contributed by atoms with Crippen molar-refractivity contribution in [1.29, 1.82) is 0 Å². The van der Waals surface area contributed by atoms with Crippen molar-refractivity contribution in [2.45, 2.75) is 31.7 Å². The normalized spacial score (nSPS) is 18.3. The minimum absolute atomic E-state index is 0.107. The SMILES string of the molecule is CC1(NC(=O)Cc2ccccc2F)CCNCC1. The maximum Gasteiger partial charge on any atom is 0.224 e. The molecular formula is C14H19FN2O. The van der Waals surface area contributed by atoms with Crippen molar-refractivity contribution in [2.24, 2.45) is 0 Å². The lowest BCUT2D eigenvalue weighted by molar-refractivity contribution is -0.122. The fourth-order valence-corrected chi connectivity index (χ4v) is 2.30. The van der Waals surface area contributed by atoms with Crippen molar-refractivity contribution >= 4 is 5.91 Å². The lowest BCUT2D eigenvalue weighted by Gasteiger charge is -2.35. The molecule has 1 aromatic carbocycles. The highest BCUT2D eigenvalue weighted by atomic mass is 19.1. The van der Waals surface area contributed by atoms with E-state index in [-0.39, 0.29) is 23.7 Å². The number of carbonyl (C=O) groups is 1. The fraction of sp³-hybridized carbons (Fsp3) is 0.500. The van der Waals surface area contributed by atoms with E-state index in [9.17, 15) is 9.18 Å². The van der Waals surface area contributed by atoms with Crippen LogP contribution in [0.3, 0.4) is 0 Å². The van der Waals surface area contributed by atoms with Crippen LogP contribution < -0.4 is 10.6 Å². The second-order valence-electron chi connectivity index (χ2n) is 5.13. The van der Waals surface area contributed by atoms with Gasteiger partial charge in [-0.3, -0.25) is 4.79 Å². The molecule has 0 spiro atoms. The maximum atomic E-state index is 13.4. The van der Waals surface area contributed by atoms with Crippen molar-refractivity contribution in [3.8, 4) is 0 Å². The van der Waals surface area contributed by atoms with E-state index < -0.39 is 0 Å². The number of carbonyl (C=O) groups excluding carboxylic acids is 1. The summed E-state index contributed by atoms with van der Waals surface area (Å²) in [7, 11) is 0. The van der Waals surface area contributed by atoms with Gasteiger partial charge in [-0.05, 0) is 44.5 Å². The molecule has 0 saturated carbocycles. The maximum absolute atomic E-state index is 13.4. The molecule has 1 heterocycles. The highest BCUT2D eigenvalue weighted by Gasteiger charge is 2.28. The summed E-state index contributed by atoms with van der Waals surface area (Å²) in [5, 5.41) is 6.29. The second kappa shape index (κ2) is 5.48.